The fourth-order valence-corrected chi connectivity index (χ4v) is 2.14. The quantitative estimate of drug-likeness (QED) is 0.770. The molecule has 7 heteroatoms. The van der Waals surface area contributed by atoms with E-state index in [4.69, 9.17) is 4.74 Å². The van der Waals surface area contributed by atoms with E-state index in [1.54, 1.807) is 6.92 Å². The Morgan fingerprint density at radius 1 is 1.69 bits per heavy atom. The molecule has 5 nitrogen and oxygen atoms in total. The topological polar surface area (TPSA) is 61.2 Å². The summed E-state index contributed by atoms with van der Waals surface area (Å²) in [7, 11) is -3.36. The minimum Gasteiger partial charge on any atom is -0.477 e. The Labute approximate surface area is 90.3 Å². The minimum atomic E-state index is -3.36. The van der Waals surface area contributed by atoms with E-state index in [-0.39, 0.29) is 5.88 Å². The fourth-order valence-electron chi connectivity index (χ4n) is 0.799. The van der Waals surface area contributed by atoms with Crippen molar-refractivity contribution in [1.82, 2.24) is 9.19 Å². The molecule has 1 aromatic heterocycles. The van der Waals surface area contributed by atoms with Crippen molar-refractivity contribution in [2.45, 2.75) is 6.92 Å². The lowest BCUT2D eigenvalue weighted by molar-refractivity contribution is 0.318. The van der Waals surface area contributed by atoms with E-state index in [0.29, 0.717) is 10.2 Å². The summed E-state index contributed by atoms with van der Waals surface area (Å²) >= 11 is 1.97. The highest BCUT2D eigenvalue weighted by Crippen LogP contribution is 2.21. The monoisotopic (exact) mass is 316 g/mol. The molecule has 1 heterocycles. The number of hydrogen-bond donors (Lipinski definition) is 0. The Morgan fingerprint density at radius 2 is 2.31 bits per heavy atom. The van der Waals surface area contributed by atoms with Crippen molar-refractivity contribution in [3.63, 3.8) is 0 Å². The Morgan fingerprint density at radius 3 is 2.77 bits per heavy atom. The third-order valence-electron chi connectivity index (χ3n) is 1.25. The molecule has 1 rings (SSSR count). The normalized spacial score (nSPS) is 11.6. The first-order chi connectivity index (χ1) is 5.96. The molecule has 0 radical (unpaired) electrons. The lowest BCUT2D eigenvalue weighted by Gasteiger charge is -2.05. The van der Waals surface area contributed by atoms with Gasteiger partial charge in [0.15, 0.2) is 0 Å². The van der Waals surface area contributed by atoms with Crippen molar-refractivity contribution in [2.75, 3.05) is 12.9 Å². The van der Waals surface area contributed by atoms with Gasteiger partial charge >= 0.3 is 0 Å². The van der Waals surface area contributed by atoms with Crippen LogP contribution in [0.2, 0.25) is 0 Å². The summed E-state index contributed by atoms with van der Waals surface area (Å²) in [4.78, 5) is 0. The summed E-state index contributed by atoms with van der Waals surface area (Å²) in [5.41, 5.74) is 0. The zero-order chi connectivity index (χ0) is 10.1. The zero-order valence-corrected chi connectivity index (χ0v) is 10.2. The smallest absolute Gasteiger partial charge is 0.254 e. The molecule has 0 amide bonds. The molecule has 0 aliphatic carbocycles. The average molecular weight is 316 g/mol. The SMILES string of the molecule is CCOc1c(I)cnn1S(C)(=O)=O. The first-order valence-electron chi connectivity index (χ1n) is 3.53. The summed E-state index contributed by atoms with van der Waals surface area (Å²) in [6, 6.07) is 0. The summed E-state index contributed by atoms with van der Waals surface area (Å²) in [6.07, 6.45) is 2.53. The molecule has 0 aliphatic heterocycles. The molecule has 0 saturated heterocycles. The average Bonchev–Trinajstić information content (AvgIpc) is 2.32. The van der Waals surface area contributed by atoms with E-state index < -0.39 is 10.0 Å². The maximum atomic E-state index is 11.2. The van der Waals surface area contributed by atoms with Gasteiger partial charge in [0.05, 0.1) is 22.6 Å². The van der Waals surface area contributed by atoms with Crippen LogP contribution in [0.5, 0.6) is 5.88 Å². The van der Waals surface area contributed by atoms with E-state index in [1.165, 1.54) is 6.20 Å². The third-order valence-corrected chi connectivity index (χ3v) is 2.88. The van der Waals surface area contributed by atoms with Crippen LogP contribution >= 0.6 is 22.6 Å². The molecule has 0 aliphatic rings. The second kappa shape index (κ2) is 3.82. The van der Waals surface area contributed by atoms with Gasteiger partial charge < -0.3 is 4.74 Å². The highest BCUT2D eigenvalue weighted by molar-refractivity contribution is 14.1. The molecule has 0 fully saturated rings. The van der Waals surface area contributed by atoms with Crippen molar-refractivity contribution in [2.24, 2.45) is 0 Å². The first kappa shape index (κ1) is 10.8. The number of ether oxygens (including phenoxy) is 1. The summed E-state index contributed by atoms with van der Waals surface area (Å²) in [6.45, 7) is 2.20. The van der Waals surface area contributed by atoms with E-state index in [1.807, 2.05) is 22.6 Å². The summed E-state index contributed by atoms with van der Waals surface area (Å²) in [5.74, 6) is 0.283. The molecule has 0 atom stereocenters. The molecule has 74 valence electrons. The highest BCUT2D eigenvalue weighted by Gasteiger charge is 2.16. The first-order valence-corrected chi connectivity index (χ1v) is 6.46. The van der Waals surface area contributed by atoms with Gasteiger partial charge in [-0.25, -0.2) is 8.42 Å². The molecular formula is C6H9IN2O3S. The van der Waals surface area contributed by atoms with Crippen LogP contribution in [-0.4, -0.2) is 30.5 Å². The van der Waals surface area contributed by atoms with Gasteiger partial charge in [0.1, 0.15) is 0 Å². The van der Waals surface area contributed by atoms with Gasteiger partial charge in [-0.3, -0.25) is 0 Å². The Balaban J connectivity index is 3.23. The Kier molecular flexibility index (Phi) is 3.17. The number of aromatic nitrogens is 2. The van der Waals surface area contributed by atoms with E-state index >= 15 is 0 Å². The molecule has 13 heavy (non-hydrogen) atoms. The Bertz CT molecular complexity index is 398. The van der Waals surface area contributed by atoms with E-state index in [0.717, 1.165) is 10.3 Å². The zero-order valence-electron chi connectivity index (χ0n) is 7.19. The van der Waals surface area contributed by atoms with Crippen LogP contribution in [0, 0.1) is 3.57 Å². The van der Waals surface area contributed by atoms with E-state index in [2.05, 4.69) is 5.10 Å². The van der Waals surface area contributed by atoms with Crippen LogP contribution in [-0.2, 0) is 10.0 Å². The lowest BCUT2D eigenvalue weighted by atomic mass is 10.7. The van der Waals surface area contributed by atoms with E-state index in [9.17, 15) is 8.42 Å². The van der Waals surface area contributed by atoms with Crippen molar-refractivity contribution >= 4 is 32.6 Å². The van der Waals surface area contributed by atoms with Crippen LogP contribution < -0.4 is 4.74 Å². The molecule has 0 spiro atoms. The second-order valence-electron chi connectivity index (χ2n) is 2.34. The standard InChI is InChI=1S/C6H9IN2O3S/c1-3-12-6-5(7)4-8-9(6)13(2,10)11/h4H,3H2,1-2H3. The molecular weight excluding hydrogens is 307 g/mol. The molecule has 0 aromatic carbocycles. The molecule has 0 N–H and O–H groups in total. The number of hydrogen-bond acceptors (Lipinski definition) is 4. The van der Waals surface area contributed by atoms with Crippen molar-refractivity contribution in [3.05, 3.63) is 9.77 Å². The van der Waals surface area contributed by atoms with Crippen molar-refractivity contribution in [3.8, 4) is 5.88 Å². The maximum Gasteiger partial charge on any atom is 0.254 e. The molecule has 0 saturated carbocycles. The Hall–Kier alpha value is -0.310. The number of halogens is 1. The largest absolute Gasteiger partial charge is 0.477 e. The molecule has 1 aromatic rings. The van der Waals surface area contributed by atoms with Gasteiger partial charge in [-0.05, 0) is 29.5 Å². The summed E-state index contributed by atoms with van der Waals surface area (Å²) < 4.78 is 29.0. The van der Waals surface area contributed by atoms with Crippen LogP contribution in [0.1, 0.15) is 6.92 Å². The fraction of sp³-hybridized carbons (Fsp3) is 0.500. The van der Waals surface area contributed by atoms with Gasteiger partial charge in [-0.15, -0.1) is 4.09 Å². The highest BCUT2D eigenvalue weighted by atomic mass is 127. The predicted molar refractivity (Wildman–Crippen MR) is 56.4 cm³/mol. The maximum absolute atomic E-state index is 11.2. The van der Waals surface area contributed by atoms with Gasteiger partial charge in [0.25, 0.3) is 10.0 Å². The molecule has 0 bridgehead atoms. The lowest BCUT2D eigenvalue weighted by Crippen LogP contribution is -2.14. The molecule has 0 unspecified atom stereocenters. The van der Waals surface area contributed by atoms with Gasteiger partial charge in [0.2, 0.25) is 5.88 Å². The third kappa shape index (κ3) is 2.33. The number of nitrogens with zero attached hydrogens (tertiary/aromatic N) is 2. The predicted octanol–water partition coefficient (Wildman–Crippen LogP) is 0.694. The summed E-state index contributed by atoms with van der Waals surface area (Å²) in [5, 5.41) is 3.70. The van der Waals surface area contributed by atoms with Crippen LogP contribution in [0.25, 0.3) is 0 Å². The van der Waals surface area contributed by atoms with Gasteiger partial charge in [-0.2, -0.15) is 5.10 Å². The van der Waals surface area contributed by atoms with Crippen molar-refractivity contribution in [1.29, 1.82) is 0 Å². The van der Waals surface area contributed by atoms with Gasteiger partial charge in [0, 0.05) is 0 Å². The van der Waals surface area contributed by atoms with Crippen LogP contribution in [0.4, 0.5) is 0 Å². The van der Waals surface area contributed by atoms with Crippen molar-refractivity contribution < 1.29 is 13.2 Å². The van der Waals surface area contributed by atoms with Gasteiger partial charge in [-0.1, -0.05) is 0 Å². The minimum absolute atomic E-state index is 0.283. The van der Waals surface area contributed by atoms with Crippen LogP contribution in [0.15, 0.2) is 6.20 Å². The second-order valence-corrected chi connectivity index (χ2v) is 5.31. The van der Waals surface area contributed by atoms with Crippen LogP contribution in [0.3, 0.4) is 0 Å². The number of rotatable bonds is 3.